The van der Waals surface area contributed by atoms with Crippen molar-refractivity contribution in [2.24, 2.45) is 12.8 Å². The van der Waals surface area contributed by atoms with Gasteiger partial charge in [-0.3, -0.25) is 9.59 Å². The number of hydrogen-bond acceptors (Lipinski definition) is 7. The van der Waals surface area contributed by atoms with Crippen molar-refractivity contribution >= 4 is 51.8 Å². The van der Waals surface area contributed by atoms with Gasteiger partial charge in [0.05, 0.1) is 21.3 Å². The molecule has 200 valence electrons. The van der Waals surface area contributed by atoms with Crippen molar-refractivity contribution in [3.63, 3.8) is 0 Å². The van der Waals surface area contributed by atoms with Crippen molar-refractivity contribution in [2.45, 2.75) is 20.3 Å². The van der Waals surface area contributed by atoms with Crippen LogP contribution in [0.15, 0.2) is 41.3 Å². The molecule has 3 aromatic heterocycles. The third kappa shape index (κ3) is 5.20. The second-order valence-electron chi connectivity index (χ2n) is 8.63. The highest BCUT2D eigenvalue weighted by atomic mass is 35.5. The number of rotatable bonds is 10. The first kappa shape index (κ1) is 27.4. The van der Waals surface area contributed by atoms with Gasteiger partial charge in [0.25, 0.3) is 11.5 Å². The minimum Gasteiger partial charge on any atom is -0.412 e. The van der Waals surface area contributed by atoms with E-state index in [9.17, 15) is 9.59 Å². The Morgan fingerprint density at radius 1 is 1.18 bits per heavy atom. The summed E-state index contributed by atoms with van der Waals surface area (Å²) in [5.74, 6) is -0.422. The van der Waals surface area contributed by atoms with Gasteiger partial charge in [0.15, 0.2) is 5.65 Å². The van der Waals surface area contributed by atoms with Crippen molar-refractivity contribution in [1.29, 1.82) is 0 Å². The van der Waals surface area contributed by atoms with Crippen LogP contribution in [-0.4, -0.2) is 56.8 Å². The Hall–Kier alpha value is -3.60. The van der Waals surface area contributed by atoms with Crippen LogP contribution in [0.2, 0.25) is 10.0 Å². The number of pyridine rings is 1. The number of carbonyl (C=O) groups excluding carboxylic acids is 1. The van der Waals surface area contributed by atoms with Crippen LogP contribution in [0.3, 0.4) is 0 Å². The molecule has 0 saturated carbocycles. The van der Waals surface area contributed by atoms with Crippen LogP contribution >= 0.6 is 23.2 Å². The number of nitrogens with two attached hydrogens (primary N) is 1. The lowest BCUT2D eigenvalue weighted by molar-refractivity contribution is 0.0993. The molecule has 0 spiro atoms. The number of nitrogens with zero attached hydrogens (tertiary/aromatic N) is 5. The molecule has 1 amide bonds. The van der Waals surface area contributed by atoms with Gasteiger partial charge in [0.2, 0.25) is 5.95 Å². The molecule has 0 aliphatic carbocycles. The standard InChI is InChI=1S/C26H29Cl2N7O3/c1-5-34(6-2)11-10-16-13-20(22(23(29)36)33(16)3)31-26-30-14-15-12-17(21-18(27)8-7-9-19(21)28)25(37)35(38-4)24(15)32-26/h7-9,12-14H,5-6,10-11H2,1-4H3,(H2,29,36)(H,30,31,32). The number of amides is 1. The van der Waals surface area contributed by atoms with Crippen molar-refractivity contribution in [3.05, 3.63) is 68.3 Å². The van der Waals surface area contributed by atoms with Crippen LogP contribution in [0.5, 0.6) is 0 Å². The maximum atomic E-state index is 13.3. The Bertz CT molecular complexity index is 1540. The number of primary amides is 1. The minimum absolute atomic E-state index is 0.162. The number of anilines is 2. The molecule has 3 heterocycles. The van der Waals surface area contributed by atoms with Gasteiger partial charge in [0.1, 0.15) is 12.8 Å². The zero-order valence-corrected chi connectivity index (χ0v) is 23.1. The molecule has 0 aliphatic rings. The molecule has 0 bridgehead atoms. The van der Waals surface area contributed by atoms with E-state index < -0.39 is 11.5 Å². The van der Waals surface area contributed by atoms with Crippen molar-refractivity contribution < 1.29 is 9.63 Å². The van der Waals surface area contributed by atoms with Crippen LogP contribution in [0.1, 0.15) is 30.0 Å². The summed E-state index contributed by atoms with van der Waals surface area (Å²) >= 11 is 12.7. The number of carbonyl (C=O) groups is 1. The molecule has 10 nitrogen and oxygen atoms in total. The molecule has 1 aromatic carbocycles. The summed E-state index contributed by atoms with van der Waals surface area (Å²) in [6.45, 7) is 6.93. The zero-order valence-electron chi connectivity index (χ0n) is 21.6. The highest BCUT2D eigenvalue weighted by molar-refractivity contribution is 6.39. The van der Waals surface area contributed by atoms with E-state index in [-0.39, 0.29) is 17.2 Å². The van der Waals surface area contributed by atoms with E-state index in [4.69, 9.17) is 33.8 Å². The maximum Gasteiger partial charge on any atom is 0.293 e. The average Bonchev–Trinajstić information content (AvgIpc) is 3.19. The van der Waals surface area contributed by atoms with Gasteiger partial charge in [-0.25, -0.2) is 4.98 Å². The van der Waals surface area contributed by atoms with Crippen LogP contribution in [-0.2, 0) is 13.5 Å². The van der Waals surface area contributed by atoms with E-state index in [1.165, 1.54) is 7.11 Å². The molecule has 12 heteroatoms. The smallest absolute Gasteiger partial charge is 0.293 e. The van der Waals surface area contributed by atoms with Gasteiger partial charge < -0.3 is 25.4 Å². The van der Waals surface area contributed by atoms with E-state index in [0.717, 1.165) is 36.5 Å². The van der Waals surface area contributed by atoms with E-state index >= 15 is 0 Å². The summed E-state index contributed by atoms with van der Waals surface area (Å²) in [4.78, 5) is 42.2. The van der Waals surface area contributed by atoms with Gasteiger partial charge in [-0.15, -0.1) is 4.73 Å². The van der Waals surface area contributed by atoms with E-state index in [2.05, 4.69) is 34.0 Å². The molecular weight excluding hydrogens is 529 g/mol. The molecule has 0 saturated heterocycles. The molecule has 0 fully saturated rings. The SMILES string of the molecule is CCN(CC)CCc1cc(Nc2ncc3cc(-c4c(Cl)cccc4Cl)c(=O)n(OC)c3n2)c(C(N)=O)n1C. The maximum absolute atomic E-state index is 13.3. The Kier molecular flexibility index (Phi) is 8.25. The zero-order chi connectivity index (χ0) is 27.6. The predicted molar refractivity (Wildman–Crippen MR) is 150 cm³/mol. The second kappa shape index (κ2) is 11.4. The third-order valence-corrected chi connectivity index (χ3v) is 7.14. The quantitative estimate of drug-likeness (QED) is 0.303. The molecule has 0 unspecified atom stereocenters. The first-order valence-corrected chi connectivity index (χ1v) is 12.8. The van der Waals surface area contributed by atoms with Crippen LogP contribution in [0, 0.1) is 0 Å². The molecule has 0 aliphatic heterocycles. The first-order valence-electron chi connectivity index (χ1n) is 12.1. The highest BCUT2D eigenvalue weighted by Gasteiger charge is 2.21. The molecule has 4 aromatic rings. The number of likely N-dealkylation sites (N-methyl/N-ethyl adjacent to an activating group) is 1. The molecule has 0 atom stereocenters. The molecule has 0 radical (unpaired) electrons. The predicted octanol–water partition coefficient (Wildman–Crippen LogP) is 3.89. The highest BCUT2D eigenvalue weighted by Crippen LogP contribution is 2.34. The lowest BCUT2D eigenvalue weighted by Crippen LogP contribution is -2.27. The van der Waals surface area contributed by atoms with E-state index in [0.29, 0.717) is 32.4 Å². The number of fused-ring (bicyclic) bond motifs is 1. The number of halogens is 2. The fourth-order valence-electron chi connectivity index (χ4n) is 4.46. The summed E-state index contributed by atoms with van der Waals surface area (Å²) in [6, 6.07) is 8.49. The molecule has 38 heavy (non-hydrogen) atoms. The van der Waals surface area contributed by atoms with Gasteiger partial charge in [-0.05, 0) is 37.4 Å². The monoisotopic (exact) mass is 557 g/mol. The largest absolute Gasteiger partial charge is 0.412 e. The van der Waals surface area contributed by atoms with E-state index in [1.807, 2.05) is 6.07 Å². The summed E-state index contributed by atoms with van der Waals surface area (Å²) in [5, 5.41) is 4.27. The normalized spacial score (nSPS) is 11.3. The Balaban J connectivity index is 1.75. The number of nitrogens with one attached hydrogen (secondary N) is 1. The fourth-order valence-corrected chi connectivity index (χ4v) is 5.06. The summed E-state index contributed by atoms with van der Waals surface area (Å²) in [5.41, 5.74) is 7.78. The Labute approximate surface area is 229 Å². The van der Waals surface area contributed by atoms with Crippen molar-refractivity contribution in [3.8, 4) is 11.1 Å². The van der Waals surface area contributed by atoms with Gasteiger partial charge >= 0.3 is 0 Å². The lowest BCUT2D eigenvalue weighted by Gasteiger charge is -2.17. The topological polar surface area (TPSA) is 120 Å². The number of aromatic nitrogens is 4. The third-order valence-electron chi connectivity index (χ3n) is 6.51. The summed E-state index contributed by atoms with van der Waals surface area (Å²) in [6.07, 6.45) is 2.28. The van der Waals surface area contributed by atoms with Crippen LogP contribution in [0.25, 0.3) is 22.2 Å². The summed E-state index contributed by atoms with van der Waals surface area (Å²) < 4.78 is 2.83. The number of hydrogen-bond donors (Lipinski definition) is 2. The van der Waals surface area contributed by atoms with Gasteiger partial charge in [0, 0.05) is 42.9 Å². The summed E-state index contributed by atoms with van der Waals surface area (Å²) in [7, 11) is 3.16. The minimum atomic E-state index is -0.583. The molecule has 3 N–H and O–H groups in total. The van der Waals surface area contributed by atoms with E-state index in [1.54, 1.807) is 42.1 Å². The van der Waals surface area contributed by atoms with Gasteiger partial charge in [-0.1, -0.05) is 43.1 Å². The number of benzene rings is 1. The Morgan fingerprint density at radius 3 is 2.47 bits per heavy atom. The Morgan fingerprint density at radius 2 is 1.87 bits per heavy atom. The van der Waals surface area contributed by atoms with Gasteiger partial charge in [-0.2, -0.15) is 4.98 Å². The fraction of sp³-hybridized carbons (Fsp3) is 0.308. The first-order chi connectivity index (χ1) is 18.2. The van der Waals surface area contributed by atoms with Crippen LogP contribution < -0.4 is 21.4 Å². The molecule has 4 rings (SSSR count). The average molecular weight is 558 g/mol. The second-order valence-corrected chi connectivity index (χ2v) is 9.45. The van der Waals surface area contributed by atoms with Crippen molar-refractivity contribution in [1.82, 2.24) is 24.2 Å². The lowest BCUT2D eigenvalue weighted by atomic mass is 10.1. The molecular formula is C26H29Cl2N7O3. The van der Waals surface area contributed by atoms with Crippen LogP contribution in [0.4, 0.5) is 11.6 Å². The van der Waals surface area contributed by atoms with Crippen molar-refractivity contribution in [2.75, 3.05) is 32.1 Å².